The molecule has 15 heavy (non-hydrogen) atoms. The van der Waals surface area contributed by atoms with Gasteiger partial charge in [0.05, 0.1) is 0 Å². The molecule has 3 heteroatoms. The average Bonchev–Trinajstić information content (AvgIpc) is 2.69. The summed E-state index contributed by atoms with van der Waals surface area (Å²) in [5.41, 5.74) is 7.05. The Morgan fingerprint density at radius 1 is 1.47 bits per heavy atom. The molecule has 1 aliphatic heterocycles. The van der Waals surface area contributed by atoms with Gasteiger partial charge in [-0.05, 0) is 48.9 Å². The van der Waals surface area contributed by atoms with Crippen LogP contribution in [0.25, 0.3) is 0 Å². The van der Waals surface area contributed by atoms with Crippen molar-refractivity contribution in [2.45, 2.75) is 32.9 Å². The van der Waals surface area contributed by atoms with E-state index in [9.17, 15) is 0 Å². The molecule has 0 aromatic carbocycles. The summed E-state index contributed by atoms with van der Waals surface area (Å²) in [4.78, 5) is 3.86. The highest BCUT2D eigenvalue weighted by Crippen LogP contribution is 2.20. The molecule has 0 unspecified atom stereocenters. The molecule has 2 heterocycles. The molecule has 1 aliphatic rings. The second-order valence-electron chi connectivity index (χ2n) is 4.58. The van der Waals surface area contributed by atoms with Gasteiger partial charge in [0.15, 0.2) is 0 Å². The van der Waals surface area contributed by atoms with Gasteiger partial charge in [-0.15, -0.1) is 11.3 Å². The van der Waals surface area contributed by atoms with Gasteiger partial charge in [0.1, 0.15) is 0 Å². The fourth-order valence-corrected chi connectivity index (χ4v) is 2.86. The Morgan fingerprint density at radius 3 is 2.80 bits per heavy atom. The predicted molar refractivity (Wildman–Crippen MR) is 65.9 cm³/mol. The maximum Gasteiger partial charge on any atom is 0.0273 e. The van der Waals surface area contributed by atoms with Gasteiger partial charge in [-0.2, -0.15) is 0 Å². The molecule has 0 atom stereocenters. The van der Waals surface area contributed by atoms with Crippen LogP contribution >= 0.6 is 11.3 Å². The zero-order valence-corrected chi connectivity index (χ0v) is 10.2. The third kappa shape index (κ3) is 3.03. The van der Waals surface area contributed by atoms with E-state index in [2.05, 4.69) is 23.3 Å². The van der Waals surface area contributed by atoms with Gasteiger partial charge >= 0.3 is 0 Å². The minimum atomic E-state index is 0.682. The van der Waals surface area contributed by atoms with Crippen LogP contribution in [0.5, 0.6) is 0 Å². The van der Waals surface area contributed by atoms with Crippen molar-refractivity contribution < 1.29 is 0 Å². The molecule has 2 N–H and O–H groups in total. The maximum absolute atomic E-state index is 5.61. The molecular weight excluding hydrogens is 204 g/mol. The third-order valence-corrected chi connectivity index (χ3v) is 4.20. The first-order valence-electron chi connectivity index (χ1n) is 5.76. The molecule has 1 aromatic rings. The second-order valence-corrected chi connectivity index (χ2v) is 5.58. The van der Waals surface area contributed by atoms with Crippen LogP contribution in [0.1, 0.15) is 30.2 Å². The summed E-state index contributed by atoms with van der Waals surface area (Å²) in [5.74, 6) is 0.920. The summed E-state index contributed by atoms with van der Waals surface area (Å²) in [5, 5.41) is 2.25. The van der Waals surface area contributed by atoms with Crippen LogP contribution < -0.4 is 5.73 Å². The zero-order chi connectivity index (χ0) is 10.7. The van der Waals surface area contributed by atoms with E-state index in [1.807, 2.05) is 0 Å². The molecule has 1 saturated heterocycles. The highest BCUT2D eigenvalue weighted by atomic mass is 32.1. The first kappa shape index (κ1) is 11.1. The minimum absolute atomic E-state index is 0.682. The number of hydrogen-bond donors (Lipinski definition) is 1. The number of nitrogens with zero attached hydrogens (tertiary/aromatic N) is 1. The van der Waals surface area contributed by atoms with Gasteiger partial charge in [-0.3, -0.25) is 4.90 Å². The fourth-order valence-electron chi connectivity index (χ4n) is 2.09. The summed E-state index contributed by atoms with van der Waals surface area (Å²) in [6.45, 7) is 6.67. The summed E-state index contributed by atoms with van der Waals surface area (Å²) in [6, 6.07) is 2.25. The van der Waals surface area contributed by atoms with E-state index < -0.39 is 0 Å². The maximum atomic E-state index is 5.61. The van der Waals surface area contributed by atoms with Crippen LogP contribution in [0.3, 0.4) is 0 Å². The predicted octanol–water partition coefficient (Wildman–Crippen LogP) is 2.44. The molecule has 2 rings (SSSR count). The van der Waals surface area contributed by atoms with Crippen molar-refractivity contribution in [3.05, 3.63) is 21.9 Å². The van der Waals surface area contributed by atoms with Gasteiger partial charge < -0.3 is 5.73 Å². The van der Waals surface area contributed by atoms with E-state index in [0.717, 1.165) is 12.5 Å². The van der Waals surface area contributed by atoms with E-state index in [1.54, 1.807) is 11.3 Å². The Morgan fingerprint density at radius 2 is 2.20 bits per heavy atom. The lowest BCUT2D eigenvalue weighted by Crippen LogP contribution is -2.32. The Labute approximate surface area is 96.1 Å². The number of likely N-dealkylation sites (tertiary alicyclic amines) is 1. The fraction of sp³-hybridized carbons (Fsp3) is 0.667. The number of rotatable bonds is 3. The van der Waals surface area contributed by atoms with Gasteiger partial charge in [0, 0.05) is 18.0 Å². The normalized spacial score (nSPS) is 19.6. The van der Waals surface area contributed by atoms with E-state index >= 15 is 0 Å². The van der Waals surface area contributed by atoms with Gasteiger partial charge in [0.2, 0.25) is 0 Å². The number of nitrogens with two attached hydrogens (primary N) is 1. The zero-order valence-electron chi connectivity index (χ0n) is 9.41. The Kier molecular flexibility index (Phi) is 3.78. The topological polar surface area (TPSA) is 29.3 Å². The lowest BCUT2D eigenvalue weighted by molar-refractivity contribution is 0.185. The summed E-state index contributed by atoms with van der Waals surface area (Å²) in [7, 11) is 0. The van der Waals surface area contributed by atoms with Gasteiger partial charge in [-0.1, -0.05) is 6.92 Å². The first-order chi connectivity index (χ1) is 7.28. The van der Waals surface area contributed by atoms with Crippen molar-refractivity contribution >= 4 is 11.3 Å². The molecule has 0 radical (unpaired) electrons. The van der Waals surface area contributed by atoms with E-state index in [1.165, 1.54) is 36.4 Å². The highest BCUT2D eigenvalue weighted by molar-refractivity contribution is 7.10. The Balaban J connectivity index is 1.86. The lowest BCUT2D eigenvalue weighted by atomic mass is 9.99. The highest BCUT2D eigenvalue weighted by Gasteiger charge is 2.15. The second kappa shape index (κ2) is 5.10. The van der Waals surface area contributed by atoms with Crippen LogP contribution in [0.4, 0.5) is 0 Å². The average molecular weight is 224 g/mol. The third-order valence-electron chi connectivity index (χ3n) is 3.19. The number of piperidine rings is 1. The number of thiophene rings is 1. The van der Waals surface area contributed by atoms with E-state index in [-0.39, 0.29) is 0 Å². The van der Waals surface area contributed by atoms with Crippen LogP contribution in [-0.2, 0) is 13.1 Å². The molecule has 0 spiro atoms. The van der Waals surface area contributed by atoms with Crippen molar-refractivity contribution in [2.24, 2.45) is 11.7 Å². The van der Waals surface area contributed by atoms with Crippen LogP contribution in [0.2, 0.25) is 0 Å². The van der Waals surface area contributed by atoms with Crippen LogP contribution in [0.15, 0.2) is 11.4 Å². The van der Waals surface area contributed by atoms with E-state index in [0.29, 0.717) is 6.54 Å². The van der Waals surface area contributed by atoms with Crippen molar-refractivity contribution in [3.63, 3.8) is 0 Å². The minimum Gasteiger partial charge on any atom is -0.326 e. The molecule has 2 nitrogen and oxygen atoms in total. The monoisotopic (exact) mass is 224 g/mol. The van der Waals surface area contributed by atoms with E-state index in [4.69, 9.17) is 5.73 Å². The SMILES string of the molecule is CC1CCN(Cc2csc(CN)c2)CC1. The first-order valence-corrected chi connectivity index (χ1v) is 6.64. The van der Waals surface area contributed by atoms with Gasteiger partial charge in [0.25, 0.3) is 0 Å². The molecule has 0 bridgehead atoms. The van der Waals surface area contributed by atoms with Crippen molar-refractivity contribution in [3.8, 4) is 0 Å². The summed E-state index contributed by atoms with van der Waals surface area (Å²) in [6.07, 6.45) is 2.71. The van der Waals surface area contributed by atoms with Gasteiger partial charge in [-0.25, -0.2) is 0 Å². The quantitative estimate of drug-likeness (QED) is 0.854. The smallest absolute Gasteiger partial charge is 0.0273 e. The molecular formula is C12H20N2S. The van der Waals surface area contributed by atoms with Crippen molar-refractivity contribution in [1.82, 2.24) is 4.90 Å². The summed E-state index contributed by atoms with van der Waals surface area (Å²) < 4.78 is 0. The molecule has 0 saturated carbocycles. The Hall–Kier alpha value is -0.380. The lowest BCUT2D eigenvalue weighted by Gasteiger charge is -2.29. The molecule has 1 fully saturated rings. The van der Waals surface area contributed by atoms with Crippen molar-refractivity contribution in [2.75, 3.05) is 13.1 Å². The molecule has 84 valence electrons. The van der Waals surface area contributed by atoms with Crippen LogP contribution in [0, 0.1) is 5.92 Å². The largest absolute Gasteiger partial charge is 0.326 e. The Bertz CT molecular complexity index is 300. The standard InChI is InChI=1S/C12H20N2S/c1-10-2-4-14(5-3-10)8-11-6-12(7-13)15-9-11/h6,9-10H,2-5,7-8,13H2,1H3. The molecule has 1 aromatic heterocycles. The molecule has 0 aliphatic carbocycles. The summed E-state index contributed by atoms with van der Waals surface area (Å²) >= 11 is 1.79. The van der Waals surface area contributed by atoms with Crippen LogP contribution in [-0.4, -0.2) is 18.0 Å². The molecule has 0 amide bonds. The number of hydrogen-bond acceptors (Lipinski definition) is 3. The van der Waals surface area contributed by atoms with Crippen molar-refractivity contribution in [1.29, 1.82) is 0 Å².